The van der Waals surface area contributed by atoms with Gasteiger partial charge in [-0.25, -0.2) is 0 Å². The van der Waals surface area contributed by atoms with E-state index >= 15 is 0 Å². The molecule has 31 heavy (non-hydrogen) atoms. The maximum atomic E-state index is 13.3. The molecule has 3 rings (SSSR count). The zero-order valence-electron chi connectivity index (χ0n) is 18.6. The fraction of sp³-hybridized carbons (Fsp3) is 0.417. The Morgan fingerprint density at radius 2 is 1.77 bits per heavy atom. The van der Waals surface area contributed by atoms with E-state index in [-0.39, 0.29) is 35.8 Å². The lowest BCUT2D eigenvalue weighted by Crippen LogP contribution is -2.47. The molecular weight excluding hydrogens is 503 g/mol. The summed E-state index contributed by atoms with van der Waals surface area (Å²) in [6.07, 6.45) is 0. The number of carbonyl (C=O) groups is 1. The van der Waals surface area contributed by atoms with E-state index in [0.717, 1.165) is 18.1 Å². The highest BCUT2D eigenvalue weighted by molar-refractivity contribution is 14.0. The normalized spacial score (nSPS) is 15.1. The molecule has 1 saturated heterocycles. The summed E-state index contributed by atoms with van der Waals surface area (Å²) in [5.74, 6) is 0.633. The van der Waals surface area contributed by atoms with Gasteiger partial charge in [0.1, 0.15) is 0 Å². The Balaban J connectivity index is 0.00000341. The summed E-state index contributed by atoms with van der Waals surface area (Å²) in [4.78, 5) is 21.7. The molecule has 1 atom stereocenters. The number of nitrogens with zero attached hydrogens (tertiary/aromatic N) is 3. The molecular formula is C24H33IN4O2. The van der Waals surface area contributed by atoms with Crippen molar-refractivity contribution < 1.29 is 9.53 Å². The summed E-state index contributed by atoms with van der Waals surface area (Å²) in [7, 11) is 3.78. The van der Waals surface area contributed by atoms with Crippen LogP contribution in [0, 0.1) is 6.92 Å². The minimum atomic E-state index is -0.270. The Bertz CT molecular complexity index is 836. The number of hydrogen-bond acceptors (Lipinski definition) is 3. The van der Waals surface area contributed by atoms with E-state index in [9.17, 15) is 4.79 Å². The van der Waals surface area contributed by atoms with Gasteiger partial charge in [-0.2, -0.15) is 0 Å². The van der Waals surface area contributed by atoms with E-state index in [1.807, 2.05) is 42.3 Å². The largest absolute Gasteiger partial charge is 0.378 e. The summed E-state index contributed by atoms with van der Waals surface area (Å²) in [5, 5.41) is 3.42. The first kappa shape index (κ1) is 25.1. The minimum absolute atomic E-state index is 0. The molecule has 2 aromatic rings. The van der Waals surface area contributed by atoms with E-state index in [1.54, 1.807) is 7.05 Å². The number of morpholine rings is 1. The third-order valence-electron chi connectivity index (χ3n) is 5.40. The first-order valence-corrected chi connectivity index (χ1v) is 10.5. The first-order valence-electron chi connectivity index (χ1n) is 10.5. The number of ether oxygens (including phenoxy) is 1. The van der Waals surface area contributed by atoms with Crippen LogP contribution in [0.1, 0.15) is 22.6 Å². The van der Waals surface area contributed by atoms with Gasteiger partial charge in [0.05, 0.1) is 19.1 Å². The SMILES string of the molecule is CN=C(NCC(C(=O)N1CCOCC1)c1ccccc1)N(C)Cc1ccc(C)cc1.I. The molecule has 0 bridgehead atoms. The highest BCUT2D eigenvalue weighted by Gasteiger charge is 2.27. The van der Waals surface area contributed by atoms with Crippen LogP contribution in [0.2, 0.25) is 0 Å². The van der Waals surface area contributed by atoms with Crippen molar-refractivity contribution in [2.24, 2.45) is 4.99 Å². The Morgan fingerprint density at radius 3 is 2.39 bits per heavy atom. The highest BCUT2D eigenvalue weighted by atomic mass is 127. The maximum absolute atomic E-state index is 13.3. The van der Waals surface area contributed by atoms with Crippen LogP contribution in [-0.2, 0) is 16.1 Å². The molecule has 1 aliphatic rings. The van der Waals surface area contributed by atoms with E-state index < -0.39 is 0 Å². The van der Waals surface area contributed by atoms with Crippen molar-refractivity contribution in [3.05, 3.63) is 71.3 Å². The van der Waals surface area contributed by atoms with Gasteiger partial charge in [0.15, 0.2) is 5.96 Å². The number of carbonyl (C=O) groups excluding carboxylic acids is 1. The molecule has 0 radical (unpaired) electrons. The molecule has 168 valence electrons. The number of nitrogens with one attached hydrogen (secondary N) is 1. The van der Waals surface area contributed by atoms with Gasteiger partial charge in [0.25, 0.3) is 0 Å². The number of halogens is 1. The minimum Gasteiger partial charge on any atom is -0.378 e. The van der Waals surface area contributed by atoms with Gasteiger partial charge < -0.3 is 19.9 Å². The average molecular weight is 536 g/mol. The molecule has 1 heterocycles. The van der Waals surface area contributed by atoms with Crippen molar-refractivity contribution in [2.75, 3.05) is 46.9 Å². The molecule has 0 aliphatic carbocycles. The molecule has 2 aromatic carbocycles. The average Bonchev–Trinajstić information content (AvgIpc) is 2.79. The Hall–Kier alpha value is -2.13. The summed E-state index contributed by atoms with van der Waals surface area (Å²) < 4.78 is 5.41. The van der Waals surface area contributed by atoms with Crippen LogP contribution in [0.15, 0.2) is 59.6 Å². The molecule has 1 unspecified atom stereocenters. The molecule has 1 fully saturated rings. The van der Waals surface area contributed by atoms with Crippen molar-refractivity contribution in [3.8, 4) is 0 Å². The second-order valence-corrected chi connectivity index (χ2v) is 7.67. The molecule has 6 nitrogen and oxygen atoms in total. The number of aliphatic imine (C=N–C) groups is 1. The molecule has 0 spiro atoms. The number of rotatable bonds is 6. The Labute approximate surface area is 202 Å². The van der Waals surface area contributed by atoms with Crippen molar-refractivity contribution in [2.45, 2.75) is 19.4 Å². The topological polar surface area (TPSA) is 57.2 Å². The van der Waals surface area contributed by atoms with E-state index in [4.69, 9.17) is 4.74 Å². The standard InChI is InChI=1S/C24H32N4O2.HI/c1-19-9-11-20(12-10-19)18-27(3)24(25-2)26-17-22(21-7-5-4-6-8-21)23(29)28-13-15-30-16-14-28;/h4-12,22H,13-18H2,1-3H3,(H,25,26);1H. The second-order valence-electron chi connectivity index (χ2n) is 7.67. The van der Waals surface area contributed by atoms with E-state index in [2.05, 4.69) is 46.4 Å². The van der Waals surface area contributed by atoms with Gasteiger partial charge in [-0.15, -0.1) is 24.0 Å². The molecule has 7 heteroatoms. The third-order valence-corrected chi connectivity index (χ3v) is 5.40. The van der Waals surface area contributed by atoms with Crippen LogP contribution >= 0.6 is 24.0 Å². The van der Waals surface area contributed by atoms with Crippen LogP contribution in [0.5, 0.6) is 0 Å². The zero-order valence-corrected chi connectivity index (χ0v) is 20.9. The zero-order chi connectivity index (χ0) is 21.3. The molecule has 1 aliphatic heterocycles. The van der Waals surface area contributed by atoms with Gasteiger partial charge in [-0.05, 0) is 18.1 Å². The fourth-order valence-electron chi connectivity index (χ4n) is 3.66. The van der Waals surface area contributed by atoms with Crippen LogP contribution in [0.3, 0.4) is 0 Å². The first-order chi connectivity index (χ1) is 14.6. The van der Waals surface area contributed by atoms with Crippen LogP contribution < -0.4 is 5.32 Å². The van der Waals surface area contributed by atoms with Crippen molar-refractivity contribution in [1.29, 1.82) is 0 Å². The van der Waals surface area contributed by atoms with E-state index in [0.29, 0.717) is 32.8 Å². The Morgan fingerprint density at radius 1 is 1.13 bits per heavy atom. The van der Waals surface area contributed by atoms with E-state index in [1.165, 1.54) is 11.1 Å². The van der Waals surface area contributed by atoms with Gasteiger partial charge in [-0.1, -0.05) is 60.2 Å². The predicted octanol–water partition coefficient (Wildman–Crippen LogP) is 3.26. The van der Waals surface area contributed by atoms with Crippen LogP contribution in [0.4, 0.5) is 0 Å². The van der Waals surface area contributed by atoms with Crippen molar-refractivity contribution in [3.63, 3.8) is 0 Å². The third kappa shape index (κ3) is 7.21. The van der Waals surface area contributed by atoms with Gasteiger partial charge in [0.2, 0.25) is 5.91 Å². The quantitative estimate of drug-likeness (QED) is 0.350. The lowest BCUT2D eigenvalue weighted by Gasteiger charge is -2.31. The Kier molecular flexibility index (Phi) is 10.3. The second kappa shape index (κ2) is 12.7. The monoisotopic (exact) mass is 536 g/mol. The molecule has 0 saturated carbocycles. The lowest BCUT2D eigenvalue weighted by atomic mass is 9.97. The van der Waals surface area contributed by atoms with Crippen LogP contribution in [0.25, 0.3) is 0 Å². The van der Waals surface area contributed by atoms with Gasteiger partial charge >= 0.3 is 0 Å². The number of hydrogen-bond donors (Lipinski definition) is 1. The van der Waals surface area contributed by atoms with Gasteiger partial charge in [-0.3, -0.25) is 9.79 Å². The lowest BCUT2D eigenvalue weighted by molar-refractivity contribution is -0.136. The molecule has 1 amide bonds. The van der Waals surface area contributed by atoms with Crippen molar-refractivity contribution >= 4 is 35.8 Å². The summed E-state index contributed by atoms with van der Waals surface area (Å²) in [6.45, 7) is 5.80. The number of aryl methyl sites for hydroxylation is 1. The summed E-state index contributed by atoms with van der Waals surface area (Å²) in [5.41, 5.74) is 3.48. The smallest absolute Gasteiger partial charge is 0.232 e. The summed E-state index contributed by atoms with van der Waals surface area (Å²) in [6, 6.07) is 18.5. The van der Waals surface area contributed by atoms with Gasteiger partial charge in [0, 0.05) is 40.3 Å². The van der Waals surface area contributed by atoms with Crippen LogP contribution in [-0.4, -0.2) is 68.6 Å². The number of guanidine groups is 1. The number of benzene rings is 2. The number of amides is 1. The van der Waals surface area contributed by atoms with Crippen molar-refractivity contribution in [1.82, 2.24) is 15.1 Å². The predicted molar refractivity (Wildman–Crippen MR) is 136 cm³/mol. The maximum Gasteiger partial charge on any atom is 0.232 e. The highest BCUT2D eigenvalue weighted by Crippen LogP contribution is 2.19. The molecule has 0 aromatic heterocycles. The molecule has 1 N–H and O–H groups in total. The summed E-state index contributed by atoms with van der Waals surface area (Å²) >= 11 is 0. The fourth-order valence-corrected chi connectivity index (χ4v) is 3.66.